The number of carbonyl (C=O) groups is 2. The SMILES string of the molecule is CC(=O)c1c[nH]c(C(=O)Nc2ccc3c(c2)OC2(CCCC2)O3)c1. The van der Waals surface area contributed by atoms with E-state index in [0.717, 1.165) is 25.7 Å². The van der Waals surface area contributed by atoms with Gasteiger partial charge in [-0.3, -0.25) is 9.59 Å². The number of hydrogen-bond donors (Lipinski definition) is 2. The molecule has 0 radical (unpaired) electrons. The molecule has 2 aromatic rings. The van der Waals surface area contributed by atoms with Crippen molar-refractivity contribution in [3.8, 4) is 11.5 Å². The van der Waals surface area contributed by atoms with Crippen LogP contribution >= 0.6 is 0 Å². The van der Waals surface area contributed by atoms with Crippen molar-refractivity contribution in [2.75, 3.05) is 5.32 Å². The first-order valence-electron chi connectivity index (χ1n) is 8.07. The summed E-state index contributed by atoms with van der Waals surface area (Å²) < 4.78 is 11.9. The van der Waals surface area contributed by atoms with Gasteiger partial charge in [0.05, 0.1) is 0 Å². The van der Waals surface area contributed by atoms with Crippen LogP contribution in [-0.2, 0) is 0 Å². The van der Waals surface area contributed by atoms with Gasteiger partial charge in [0.15, 0.2) is 17.3 Å². The van der Waals surface area contributed by atoms with E-state index >= 15 is 0 Å². The number of aromatic nitrogens is 1. The van der Waals surface area contributed by atoms with Crippen molar-refractivity contribution < 1.29 is 19.1 Å². The number of carbonyl (C=O) groups excluding carboxylic acids is 2. The summed E-state index contributed by atoms with van der Waals surface area (Å²) in [7, 11) is 0. The number of aromatic amines is 1. The Morgan fingerprint density at radius 2 is 1.88 bits per heavy atom. The molecule has 2 aliphatic rings. The van der Waals surface area contributed by atoms with Gasteiger partial charge in [0.1, 0.15) is 5.69 Å². The molecule has 24 heavy (non-hydrogen) atoms. The number of H-pyrrole nitrogens is 1. The Kier molecular flexibility index (Phi) is 3.33. The van der Waals surface area contributed by atoms with Crippen LogP contribution in [0.5, 0.6) is 11.5 Å². The van der Waals surface area contributed by atoms with Crippen molar-refractivity contribution in [3.63, 3.8) is 0 Å². The lowest BCUT2D eigenvalue weighted by Crippen LogP contribution is -2.34. The van der Waals surface area contributed by atoms with Gasteiger partial charge in [-0.15, -0.1) is 0 Å². The highest BCUT2D eigenvalue weighted by molar-refractivity contribution is 6.05. The van der Waals surface area contributed by atoms with Gasteiger partial charge in [0.25, 0.3) is 11.7 Å². The average Bonchev–Trinajstić information content (AvgIpc) is 3.26. The van der Waals surface area contributed by atoms with E-state index < -0.39 is 5.79 Å². The summed E-state index contributed by atoms with van der Waals surface area (Å²) in [6, 6.07) is 6.91. The Hall–Kier alpha value is -2.76. The van der Waals surface area contributed by atoms with Crippen LogP contribution in [0.25, 0.3) is 0 Å². The monoisotopic (exact) mass is 326 g/mol. The van der Waals surface area contributed by atoms with Crippen LogP contribution in [0.4, 0.5) is 5.69 Å². The lowest BCUT2D eigenvalue weighted by atomic mass is 10.2. The minimum atomic E-state index is -0.513. The Labute approximate surface area is 139 Å². The highest BCUT2D eigenvalue weighted by Gasteiger charge is 2.44. The first-order chi connectivity index (χ1) is 11.5. The number of benzene rings is 1. The summed E-state index contributed by atoms with van der Waals surface area (Å²) in [5, 5.41) is 2.80. The number of hydrogen-bond acceptors (Lipinski definition) is 4. The molecule has 2 heterocycles. The van der Waals surface area contributed by atoms with E-state index in [4.69, 9.17) is 9.47 Å². The molecule has 0 atom stereocenters. The predicted molar refractivity (Wildman–Crippen MR) is 87.6 cm³/mol. The number of amides is 1. The Morgan fingerprint density at radius 3 is 2.58 bits per heavy atom. The van der Waals surface area contributed by atoms with E-state index in [0.29, 0.717) is 28.4 Å². The molecule has 0 bridgehead atoms. The summed E-state index contributed by atoms with van der Waals surface area (Å²) in [6.07, 6.45) is 5.51. The van der Waals surface area contributed by atoms with Crippen molar-refractivity contribution in [1.29, 1.82) is 0 Å². The van der Waals surface area contributed by atoms with Crippen LogP contribution < -0.4 is 14.8 Å². The van der Waals surface area contributed by atoms with Gasteiger partial charge in [-0.25, -0.2) is 0 Å². The molecular formula is C18H18N2O4. The number of nitrogens with one attached hydrogen (secondary N) is 2. The smallest absolute Gasteiger partial charge is 0.272 e. The third-order valence-electron chi connectivity index (χ3n) is 4.49. The zero-order valence-electron chi connectivity index (χ0n) is 13.3. The fourth-order valence-corrected chi connectivity index (χ4v) is 3.22. The third-order valence-corrected chi connectivity index (χ3v) is 4.49. The van der Waals surface area contributed by atoms with E-state index in [2.05, 4.69) is 10.3 Å². The van der Waals surface area contributed by atoms with Gasteiger partial charge in [-0.1, -0.05) is 0 Å². The van der Waals surface area contributed by atoms with Crippen molar-refractivity contribution in [2.24, 2.45) is 0 Å². The highest BCUT2D eigenvalue weighted by Crippen LogP contribution is 2.47. The molecule has 6 nitrogen and oxygen atoms in total. The zero-order valence-corrected chi connectivity index (χ0v) is 13.3. The number of anilines is 1. The summed E-state index contributed by atoms with van der Waals surface area (Å²) >= 11 is 0. The zero-order chi connectivity index (χ0) is 16.7. The Morgan fingerprint density at radius 1 is 1.12 bits per heavy atom. The minimum Gasteiger partial charge on any atom is -0.448 e. The summed E-state index contributed by atoms with van der Waals surface area (Å²) in [4.78, 5) is 26.4. The number of ketones is 1. The summed E-state index contributed by atoms with van der Waals surface area (Å²) in [6.45, 7) is 1.46. The number of ether oxygens (including phenoxy) is 2. The van der Waals surface area contributed by atoms with E-state index in [9.17, 15) is 9.59 Å². The van der Waals surface area contributed by atoms with Crippen molar-refractivity contribution in [1.82, 2.24) is 4.98 Å². The molecule has 4 rings (SSSR count). The predicted octanol–water partition coefficient (Wildman–Crippen LogP) is 3.51. The second-order valence-corrected chi connectivity index (χ2v) is 6.30. The van der Waals surface area contributed by atoms with E-state index in [-0.39, 0.29) is 11.7 Å². The van der Waals surface area contributed by atoms with Crippen LogP contribution in [0.15, 0.2) is 30.5 Å². The molecule has 1 aliphatic heterocycles. The molecule has 6 heteroatoms. The van der Waals surface area contributed by atoms with Crippen molar-refractivity contribution in [3.05, 3.63) is 41.7 Å². The summed E-state index contributed by atoms with van der Waals surface area (Å²) in [5.74, 6) is 0.465. The first kappa shape index (κ1) is 14.8. The van der Waals surface area contributed by atoms with E-state index in [1.807, 2.05) is 6.07 Å². The molecule has 2 N–H and O–H groups in total. The van der Waals surface area contributed by atoms with Gasteiger partial charge in [0, 0.05) is 36.4 Å². The standard InChI is InChI=1S/C18H18N2O4/c1-11(21)12-8-14(19-10-12)17(22)20-13-4-5-15-16(9-13)24-18(23-15)6-2-3-7-18/h4-5,8-10,19H,2-3,6-7H2,1H3,(H,20,22). The van der Waals surface area contributed by atoms with Crippen LogP contribution in [0.1, 0.15) is 53.5 Å². The topological polar surface area (TPSA) is 80.4 Å². The Bertz CT molecular complexity index is 818. The quantitative estimate of drug-likeness (QED) is 0.846. The minimum absolute atomic E-state index is 0.0877. The Balaban J connectivity index is 1.50. The third kappa shape index (κ3) is 2.54. The number of Topliss-reactive ketones (excluding diaryl/α,β-unsaturated/α-hetero) is 1. The molecule has 1 aliphatic carbocycles. The van der Waals surface area contributed by atoms with Crippen LogP contribution in [-0.4, -0.2) is 22.5 Å². The largest absolute Gasteiger partial charge is 0.448 e. The van der Waals surface area contributed by atoms with Gasteiger partial charge in [-0.05, 0) is 38.0 Å². The maximum atomic E-state index is 12.3. The molecule has 0 unspecified atom stereocenters. The van der Waals surface area contributed by atoms with Crippen molar-refractivity contribution >= 4 is 17.4 Å². The van der Waals surface area contributed by atoms with Crippen LogP contribution in [0, 0.1) is 0 Å². The normalized spacial score (nSPS) is 17.2. The molecule has 1 amide bonds. The molecule has 1 fully saturated rings. The van der Waals surface area contributed by atoms with Crippen molar-refractivity contribution in [2.45, 2.75) is 38.4 Å². The fraction of sp³-hybridized carbons (Fsp3) is 0.333. The van der Waals surface area contributed by atoms with Gasteiger partial charge < -0.3 is 19.8 Å². The number of fused-ring (bicyclic) bond motifs is 1. The molecule has 1 aromatic carbocycles. The second kappa shape index (κ2) is 5.40. The van der Waals surface area contributed by atoms with Gasteiger partial charge >= 0.3 is 0 Å². The fourth-order valence-electron chi connectivity index (χ4n) is 3.22. The van der Waals surface area contributed by atoms with E-state index in [1.54, 1.807) is 12.1 Å². The van der Waals surface area contributed by atoms with E-state index in [1.165, 1.54) is 19.2 Å². The molecule has 1 aromatic heterocycles. The first-order valence-corrected chi connectivity index (χ1v) is 8.07. The molecule has 1 spiro atoms. The average molecular weight is 326 g/mol. The maximum Gasteiger partial charge on any atom is 0.272 e. The molecule has 124 valence electrons. The lowest BCUT2D eigenvalue weighted by Gasteiger charge is -2.21. The molecular weight excluding hydrogens is 308 g/mol. The summed E-state index contributed by atoms with van der Waals surface area (Å²) in [5.41, 5.74) is 1.44. The highest BCUT2D eigenvalue weighted by atomic mass is 16.7. The lowest BCUT2D eigenvalue weighted by molar-refractivity contribution is -0.0716. The molecule has 1 saturated carbocycles. The van der Waals surface area contributed by atoms with Gasteiger partial charge in [-0.2, -0.15) is 0 Å². The van der Waals surface area contributed by atoms with Gasteiger partial charge in [0.2, 0.25) is 0 Å². The molecule has 0 saturated heterocycles. The maximum absolute atomic E-state index is 12.3. The second-order valence-electron chi connectivity index (χ2n) is 6.30. The number of rotatable bonds is 3. The van der Waals surface area contributed by atoms with Crippen LogP contribution in [0.3, 0.4) is 0 Å². The van der Waals surface area contributed by atoms with Crippen LogP contribution in [0.2, 0.25) is 0 Å².